The van der Waals surface area contributed by atoms with E-state index in [2.05, 4.69) is 21.1 Å². The molecule has 1 aliphatic rings. The highest BCUT2D eigenvalue weighted by Crippen LogP contribution is 2.29. The van der Waals surface area contributed by atoms with Crippen LogP contribution < -0.4 is 11.1 Å². The van der Waals surface area contributed by atoms with E-state index in [9.17, 15) is 0 Å². The van der Waals surface area contributed by atoms with Gasteiger partial charge in [0, 0.05) is 24.8 Å². The number of nitrogens with one attached hydrogen (secondary N) is 1. The molecule has 0 amide bonds. The standard InChI is InChI=1S/C11H14N4O/c12-10(9-6-13-7-16-9)8-2-5-15-4-1-3-14-11(8)15/h2,5-7,10,14H,1,3-4,12H2. The summed E-state index contributed by atoms with van der Waals surface area (Å²) < 4.78 is 7.43. The van der Waals surface area contributed by atoms with Gasteiger partial charge < -0.3 is 20.0 Å². The number of hydrogen-bond donors (Lipinski definition) is 2. The fraction of sp³-hybridized carbons (Fsp3) is 0.364. The minimum absolute atomic E-state index is 0.246. The molecule has 0 saturated carbocycles. The molecule has 0 saturated heterocycles. The van der Waals surface area contributed by atoms with Crippen molar-refractivity contribution in [2.75, 3.05) is 11.9 Å². The molecule has 0 bridgehead atoms. The van der Waals surface area contributed by atoms with Crippen molar-refractivity contribution in [2.45, 2.75) is 19.0 Å². The molecule has 2 aromatic heterocycles. The zero-order valence-electron chi connectivity index (χ0n) is 8.89. The summed E-state index contributed by atoms with van der Waals surface area (Å²) in [4.78, 5) is 3.89. The number of anilines is 1. The Labute approximate surface area is 93.3 Å². The summed E-state index contributed by atoms with van der Waals surface area (Å²) in [6.45, 7) is 2.05. The lowest BCUT2D eigenvalue weighted by atomic mass is 10.1. The Hall–Kier alpha value is -1.75. The van der Waals surface area contributed by atoms with E-state index in [0.717, 1.165) is 30.9 Å². The van der Waals surface area contributed by atoms with Gasteiger partial charge in [-0.05, 0) is 12.5 Å². The van der Waals surface area contributed by atoms with Gasteiger partial charge in [0.25, 0.3) is 0 Å². The van der Waals surface area contributed by atoms with E-state index >= 15 is 0 Å². The SMILES string of the molecule is NC(c1cnco1)c1ccn2c1NCCC2. The van der Waals surface area contributed by atoms with Crippen molar-refractivity contribution in [3.05, 3.63) is 36.2 Å². The van der Waals surface area contributed by atoms with Crippen molar-refractivity contribution in [3.8, 4) is 0 Å². The van der Waals surface area contributed by atoms with Crippen LogP contribution in [0.2, 0.25) is 0 Å². The van der Waals surface area contributed by atoms with E-state index in [4.69, 9.17) is 10.2 Å². The van der Waals surface area contributed by atoms with E-state index in [1.54, 1.807) is 6.20 Å². The number of fused-ring (bicyclic) bond motifs is 1. The monoisotopic (exact) mass is 218 g/mol. The molecular formula is C11H14N4O. The first-order valence-electron chi connectivity index (χ1n) is 5.43. The number of hydrogen-bond acceptors (Lipinski definition) is 4. The molecule has 1 atom stereocenters. The van der Waals surface area contributed by atoms with Gasteiger partial charge in [0.15, 0.2) is 6.39 Å². The molecule has 3 heterocycles. The van der Waals surface area contributed by atoms with E-state index in [-0.39, 0.29) is 6.04 Å². The van der Waals surface area contributed by atoms with Gasteiger partial charge in [0.2, 0.25) is 0 Å². The molecule has 0 radical (unpaired) electrons. The van der Waals surface area contributed by atoms with Gasteiger partial charge >= 0.3 is 0 Å². The van der Waals surface area contributed by atoms with E-state index in [0.29, 0.717) is 5.76 Å². The zero-order chi connectivity index (χ0) is 11.0. The highest BCUT2D eigenvalue weighted by molar-refractivity contribution is 5.51. The predicted octanol–water partition coefficient (Wildman–Crippen LogP) is 1.34. The normalized spacial score (nSPS) is 16.6. The van der Waals surface area contributed by atoms with Gasteiger partial charge in [0.1, 0.15) is 11.6 Å². The van der Waals surface area contributed by atoms with Gasteiger partial charge in [0.05, 0.1) is 12.2 Å². The zero-order valence-corrected chi connectivity index (χ0v) is 8.89. The van der Waals surface area contributed by atoms with Crippen LogP contribution in [0.4, 0.5) is 5.82 Å². The second-order valence-corrected chi connectivity index (χ2v) is 3.97. The Morgan fingerprint density at radius 1 is 1.56 bits per heavy atom. The van der Waals surface area contributed by atoms with Crippen LogP contribution in [0.5, 0.6) is 0 Å². The molecule has 84 valence electrons. The molecule has 3 rings (SSSR count). The van der Waals surface area contributed by atoms with Crippen molar-refractivity contribution < 1.29 is 4.42 Å². The summed E-state index contributed by atoms with van der Waals surface area (Å²) in [7, 11) is 0. The first-order valence-corrected chi connectivity index (χ1v) is 5.43. The Balaban J connectivity index is 1.97. The number of aromatic nitrogens is 2. The lowest BCUT2D eigenvalue weighted by molar-refractivity contribution is 0.485. The van der Waals surface area contributed by atoms with Crippen molar-refractivity contribution in [3.63, 3.8) is 0 Å². The van der Waals surface area contributed by atoms with Gasteiger partial charge in [-0.1, -0.05) is 0 Å². The molecule has 5 nitrogen and oxygen atoms in total. The minimum atomic E-state index is -0.246. The molecule has 3 N–H and O–H groups in total. The molecular weight excluding hydrogens is 204 g/mol. The average Bonchev–Trinajstić information content (AvgIpc) is 2.98. The van der Waals surface area contributed by atoms with Crippen LogP contribution in [0, 0.1) is 0 Å². The van der Waals surface area contributed by atoms with Gasteiger partial charge in [-0.2, -0.15) is 0 Å². The molecule has 2 aromatic rings. The molecule has 0 fully saturated rings. The summed E-state index contributed by atoms with van der Waals surface area (Å²) in [5.41, 5.74) is 7.21. The quantitative estimate of drug-likeness (QED) is 0.798. The fourth-order valence-electron chi connectivity index (χ4n) is 2.12. The molecule has 0 spiro atoms. The average molecular weight is 218 g/mol. The Morgan fingerprint density at radius 3 is 3.31 bits per heavy atom. The lowest BCUT2D eigenvalue weighted by Crippen LogP contribution is -2.19. The number of nitrogens with two attached hydrogens (primary N) is 1. The minimum Gasteiger partial charge on any atom is -0.446 e. The van der Waals surface area contributed by atoms with Crippen LogP contribution in [-0.2, 0) is 6.54 Å². The van der Waals surface area contributed by atoms with Crippen molar-refractivity contribution in [2.24, 2.45) is 5.73 Å². The summed E-state index contributed by atoms with van der Waals surface area (Å²) >= 11 is 0. The Morgan fingerprint density at radius 2 is 2.50 bits per heavy atom. The molecule has 0 aliphatic carbocycles. The summed E-state index contributed by atoms with van der Waals surface area (Å²) in [6, 6.07) is 1.80. The number of aryl methyl sites for hydroxylation is 1. The largest absolute Gasteiger partial charge is 0.446 e. The smallest absolute Gasteiger partial charge is 0.180 e. The molecule has 1 unspecified atom stereocenters. The maximum atomic E-state index is 6.14. The third-order valence-corrected chi connectivity index (χ3v) is 2.96. The highest BCUT2D eigenvalue weighted by Gasteiger charge is 2.20. The lowest BCUT2D eigenvalue weighted by Gasteiger charge is -2.20. The Kier molecular flexibility index (Phi) is 2.18. The van der Waals surface area contributed by atoms with Gasteiger partial charge in [-0.15, -0.1) is 0 Å². The van der Waals surface area contributed by atoms with E-state index in [1.165, 1.54) is 6.39 Å². The topological polar surface area (TPSA) is 69.0 Å². The first kappa shape index (κ1) is 9.47. The third-order valence-electron chi connectivity index (χ3n) is 2.96. The molecule has 1 aliphatic heterocycles. The van der Waals surface area contributed by atoms with Crippen LogP contribution in [0.25, 0.3) is 0 Å². The van der Waals surface area contributed by atoms with Crippen molar-refractivity contribution in [1.29, 1.82) is 0 Å². The van der Waals surface area contributed by atoms with Crippen LogP contribution in [-0.4, -0.2) is 16.1 Å². The fourth-order valence-corrected chi connectivity index (χ4v) is 2.12. The molecule has 16 heavy (non-hydrogen) atoms. The first-order chi connectivity index (χ1) is 7.86. The Bertz CT molecular complexity index is 474. The third kappa shape index (κ3) is 1.40. The number of oxazole rings is 1. The van der Waals surface area contributed by atoms with Crippen molar-refractivity contribution in [1.82, 2.24) is 9.55 Å². The predicted molar refractivity (Wildman–Crippen MR) is 60.1 cm³/mol. The summed E-state index contributed by atoms with van der Waals surface area (Å²) in [5, 5.41) is 3.37. The summed E-state index contributed by atoms with van der Waals surface area (Å²) in [5.74, 6) is 1.80. The second-order valence-electron chi connectivity index (χ2n) is 3.97. The van der Waals surface area contributed by atoms with Crippen LogP contribution >= 0.6 is 0 Å². The van der Waals surface area contributed by atoms with E-state index < -0.39 is 0 Å². The summed E-state index contributed by atoms with van der Waals surface area (Å²) in [6.07, 6.45) is 6.29. The van der Waals surface area contributed by atoms with Crippen molar-refractivity contribution >= 4 is 5.82 Å². The molecule has 0 aromatic carbocycles. The number of nitrogens with zero attached hydrogens (tertiary/aromatic N) is 2. The van der Waals surface area contributed by atoms with Crippen LogP contribution in [0.3, 0.4) is 0 Å². The van der Waals surface area contributed by atoms with Crippen LogP contribution in [0.15, 0.2) is 29.3 Å². The molecule has 5 heteroatoms. The van der Waals surface area contributed by atoms with Gasteiger partial charge in [-0.25, -0.2) is 4.98 Å². The van der Waals surface area contributed by atoms with Crippen LogP contribution in [0.1, 0.15) is 23.8 Å². The van der Waals surface area contributed by atoms with E-state index in [1.807, 2.05) is 6.07 Å². The maximum Gasteiger partial charge on any atom is 0.180 e. The number of rotatable bonds is 2. The highest BCUT2D eigenvalue weighted by atomic mass is 16.3. The second kappa shape index (κ2) is 3.68. The van der Waals surface area contributed by atoms with Gasteiger partial charge in [-0.3, -0.25) is 0 Å². The maximum absolute atomic E-state index is 6.14.